The molecule has 0 bridgehead atoms. The summed E-state index contributed by atoms with van der Waals surface area (Å²) in [7, 11) is 0. The molecule has 0 atom stereocenters. The number of imidazole rings is 1. The Labute approximate surface area is 98.5 Å². The largest absolute Gasteiger partial charge is 0.302 e. The first-order valence-electron chi connectivity index (χ1n) is 5.03. The third kappa shape index (κ3) is 1.81. The minimum Gasteiger partial charge on any atom is -0.302 e. The van der Waals surface area contributed by atoms with E-state index in [0.29, 0.717) is 0 Å². The SMILES string of the molecule is Cc1cc(Br)cn2c(C(C)(C)C)cnc12. The summed E-state index contributed by atoms with van der Waals surface area (Å²) >= 11 is 3.52. The molecule has 3 heteroatoms. The average Bonchev–Trinajstić information content (AvgIpc) is 2.45. The summed E-state index contributed by atoms with van der Waals surface area (Å²) < 4.78 is 3.26. The van der Waals surface area contributed by atoms with Crippen LogP contribution in [0.25, 0.3) is 5.65 Å². The van der Waals surface area contributed by atoms with Crippen LogP contribution in [-0.4, -0.2) is 9.38 Å². The standard InChI is InChI=1S/C12H15BrN2/c1-8-5-9(13)7-15-10(12(2,3)4)6-14-11(8)15/h5-7H,1-4H3. The van der Waals surface area contributed by atoms with Crippen LogP contribution in [-0.2, 0) is 5.41 Å². The number of nitrogens with zero attached hydrogens (tertiary/aromatic N) is 2. The molecule has 0 aliphatic carbocycles. The molecule has 0 spiro atoms. The lowest BCUT2D eigenvalue weighted by Crippen LogP contribution is -2.14. The molecule has 2 aromatic rings. The second-order valence-corrected chi connectivity index (χ2v) is 5.84. The summed E-state index contributed by atoms with van der Waals surface area (Å²) in [6.07, 6.45) is 4.05. The number of pyridine rings is 1. The van der Waals surface area contributed by atoms with Crippen LogP contribution < -0.4 is 0 Å². The van der Waals surface area contributed by atoms with Gasteiger partial charge in [-0.15, -0.1) is 0 Å². The van der Waals surface area contributed by atoms with Gasteiger partial charge in [-0.1, -0.05) is 20.8 Å². The van der Waals surface area contributed by atoms with E-state index in [9.17, 15) is 0 Å². The van der Waals surface area contributed by atoms with Crippen LogP contribution in [0, 0.1) is 6.92 Å². The Morgan fingerprint density at radius 3 is 2.60 bits per heavy atom. The Hall–Kier alpha value is -0.830. The van der Waals surface area contributed by atoms with E-state index in [-0.39, 0.29) is 5.41 Å². The Balaban J connectivity index is 2.80. The van der Waals surface area contributed by atoms with Gasteiger partial charge in [0.25, 0.3) is 0 Å². The maximum Gasteiger partial charge on any atom is 0.139 e. The molecule has 2 rings (SSSR count). The molecule has 2 heterocycles. The Morgan fingerprint density at radius 2 is 2.00 bits per heavy atom. The van der Waals surface area contributed by atoms with E-state index >= 15 is 0 Å². The fourth-order valence-electron chi connectivity index (χ4n) is 1.77. The first-order chi connectivity index (χ1) is 6.89. The highest BCUT2D eigenvalue weighted by Crippen LogP contribution is 2.26. The molecule has 0 saturated heterocycles. The van der Waals surface area contributed by atoms with Crippen molar-refractivity contribution in [1.82, 2.24) is 9.38 Å². The lowest BCUT2D eigenvalue weighted by molar-refractivity contribution is 0.563. The zero-order valence-electron chi connectivity index (χ0n) is 9.50. The van der Waals surface area contributed by atoms with Gasteiger partial charge in [0, 0.05) is 28.0 Å². The van der Waals surface area contributed by atoms with E-state index in [1.165, 1.54) is 11.3 Å². The van der Waals surface area contributed by atoms with Crippen LogP contribution in [0.2, 0.25) is 0 Å². The van der Waals surface area contributed by atoms with Crippen molar-refractivity contribution in [3.63, 3.8) is 0 Å². The fraction of sp³-hybridized carbons (Fsp3) is 0.417. The quantitative estimate of drug-likeness (QED) is 0.711. The Kier molecular flexibility index (Phi) is 2.38. The molecule has 0 aliphatic heterocycles. The highest BCUT2D eigenvalue weighted by Gasteiger charge is 2.19. The summed E-state index contributed by atoms with van der Waals surface area (Å²) in [6, 6.07) is 2.09. The highest BCUT2D eigenvalue weighted by molar-refractivity contribution is 9.10. The Bertz CT molecular complexity index is 506. The number of hydrogen-bond donors (Lipinski definition) is 0. The van der Waals surface area contributed by atoms with Crippen LogP contribution in [0.5, 0.6) is 0 Å². The van der Waals surface area contributed by atoms with Crippen LogP contribution in [0.3, 0.4) is 0 Å². The van der Waals surface area contributed by atoms with Crippen molar-refractivity contribution < 1.29 is 0 Å². The predicted octanol–water partition coefficient (Wildman–Crippen LogP) is 3.70. The summed E-state index contributed by atoms with van der Waals surface area (Å²) in [4.78, 5) is 4.47. The first kappa shape index (κ1) is 10.7. The second-order valence-electron chi connectivity index (χ2n) is 4.93. The third-order valence-electron chi connectivity index (χ3n) is 2.52. The number of rotatable bonds is 0. The fourth-order valence-corrected chi connectivity index (χ4v) is 2.32. The highest BCUT2D eigenvalue weighted by atomic mass is 79.9. The number of fused-ring (bicyclic) bond motifs is 1. The molecule has 0 radical (unpaired) electrons. The number of halogens is 1. The van der Waals surface area contributed by atoms with E-state index in [1.54, 1.807) is 0 Å². The zero-order valence-corrected chi connectivity index (χ0v) is 11.1. The first-order valence-corrected chi connectivity index (χ1v) is 5.82. The lowest BCUT2D eigenvalue weighted by atomic mass is 9.93. The van der Waals surface area contributed by atoms with Gasteiger partial charge in [-0.25, -0.2) is 4.98 Å². The van der Waals surface area contributed by atoms with Crippen molar-refractivity contribution in [3.05, 3.63) is 34.2 Å². The minimum atomic E-state index is 0.118. The molecule has 0 aromatic carbocycles. The molecule has 0 fully saturated rings. The third-order valence-corrected chi connectivity index (χ3v) is 2.96. The van der Waals surface area contributed by atoms with Gasteiger partial charge in [0.05, 0.1) is 0 Å². The van der Waals surface area contributed by atoms with Gasteiger partial charge in [0.2, 0.25) is 0 Å². The van der Waals surface area contributed by atoms with Crippen molar-refractivity contribution in [3.8, 4) is 0 Å². The van der Waals surface area contributed by atoms with Crippen LogP contribution in [0.4, 0.5) is 0 Å². The van der Waals surface area contributed by atoms with E-state index in [0.717, 1.165) is 10.1 Å². The van der Waals surface area contributed by atoms with Gasteiger partial charge >= 0.3 is 0 Å². The zero-order chi connectivity index (χ0) is 11.2. The molecule has 0 unspecified atom stereocenters. The monoisotopic (exact) mass is 266 g/mol. The van der Waals surface area contributed by atoms with Crippen molar-refractivity contribution in [2.45, 2.75) is 33.1 Å². The minimum absolute atomic E-state index is 0.118. The van der Waals surface area contributed by atoms with Gasteiger partial charge < -0.3 is 4.40 Å². The average molecular weight is 267 g/mol. The predicted molar refractivity (Wildman–Crippen MR) is 66.3 cm³/mol. The number of hydrogen-bond acceptors (Lipinski definition) is 1. The lowest BCUT2D eigenvalue weighted by Gasteiger charge is -2.18. The smallest absolute Gasteiger partial charge is 0.139 e. The van der Waals surface area contributed by atoms with Gasteiger partial charge in [0.15, 0.2) is 0 Å². The Morgan fingerprint density at radius 1 is 1.33 bits per heavy atom. The molecule has 80 valence electrons. The van der Waals surface area contributed by atoms with E-state index in [2.05, 4.69) is 65.3 Å². The summed E-state index contributed by atoms with van der Waals surface area (Å²) in [5.74, 6) is 0. The van der Waals surface area contributed by atoms with Crippen molar-refractivity contribution in [1.29, 1.82) is 0 Å². The molecule has 0 N–H and O–H groups in total. The topological polar surface area (TPSA) is 17.3 Å². The van der Waals surface area contributed by atoms with Gasteiger partial charge in [-0.2, -0.15) is 0 Å². The molecule has 15 heavy (non-hydrogen) atoms. The van der Waals surface area contributed by atoms with Crippen molar-refractivity contribution >= 4 is 21.6 Å². The van der Waals surface area contributed by atoms with Gasteiger partial charge in [0.1, 0.15) is 5.65 Å². The molecular formula is C12H15BrN2. The molecule has 2 aromatic heterocycles. The maximum atomic E-state index is 4.47. The van der Waals surface area contributed by atoms with Crippen molar-refractivity contribution in [2.75, 3.05) is 0 Å². The number of aryl methyl sites for hydroxylation is 1. The second kappa shape index (κ2) is 3.34. The van der Waals surface area contributed by atoms with E-state index in [1.807, 2.05) is 6.20 Å². The molecule has 0 saturated carbocycles. The summed E-state index contributed by atoms with van der Waals surface area (Å²) in [5, 5.41) is 0. The summed E-state index contributed by atoms with van der Waals surface area (Å²) in [5.41, 5.74) is 3.59. The van der Waals surface area contributed by atoms with E-state index < -0.39 is 0 Å². The normalized spacial score (nSPS) is 12.3. The van der Waals surface area contributed by atoms with Gasteiger partial charge in [-0.3, -0.25) is 0 Å². The van der Waals surface area contributed by atoms with Crippen LogP contribution in [0.1, 0.15) is 32.0 Å². The maximum absolute atomic E-state index is 4.47. The van der Waals surface area contributed by atoms with Crippen molar-refractivity contribution in [2.24, 2.45) is 0 Å². The molecule has 0 amide bonds. The van der Waals surface area contributed by atoms with Crippen LogP contribution in [0.15, 0.2) is 22.9 Å². The van der Waals surface area contributed by atoms with Gasteiger partial charge in [-0.05, 0) is 34.5 Å². The number of aromatic nitrogens is 2. The molecule has 0 aliphatic rings. The molecule has 2 nitrogen and oxygen atoms in total. The summed E-state index contributed by atoms with van der Waals surface area (Å²) in [6.45, 7) is 8.69. The van der Waals surface area contributed by atoms with E-state index in [4.69, 9.17) is 0 Å². The molecular weight excluding hydrogens is 252 g/mol. The van der Waals surface area contributed by atoms with Crippen LogP contribution >= 0.6 is 15.9 Å².